The van der Waals surface area contributed by atoms with Gasteiger partial charge < -0.3 is 29.4 Å². The number of halogens is 2. The van der Waals surface area contributed by atoms with Gasteiger partial charge in [-0.05, 0) is 79.2 Å². The van der Waals surface area contributed by atoms with E-state index in [2.05, 4.69) is 17.2 Å². The van der Waals surface area contributed by atoms with Gasteiger partial charge in [-0.2, -0.15) is 0 Å². The van der Waals surface area contributed by atoms with Crippen molar-refractivity contribution in [3.05, 3.63) is 44.7 Å². The Morgan fingerprint density at radius 1 is 1.07 bits per heavy atom. The van der Waals surface area contributed by atoms with Gasteiger partial charge in [-0.25, -0.2) is 23.2 Å². The second-order valence-corrected chi connectivity index (χ2v) is 13.5. The third kappa shape index (κ3) is 7.57. The summed E-state index contributed by atoms with van der Waals surface area (Å²) >= 11 is 0. The summed E-state index contributed by atoms with van der Waals surface area (Å²) in [6.07, 6.45) is 0.949. The summed E-state index contributed by atoms with van der Waals surface area (Å²) in [5.41, 5.74) is -2.86. The Labute approximate surface area is 261 Å². The fourth-order valence-corrected chi connectivity index (χ4v) is 5.73. The summed E-state index contributed by atoms with van der Waals surface area (Å²) in [6.45, 7) is 12.7. The largest absolute Gasteiger partial charge is 0.477 e. The number of carboxylic acids is 1. The number of nitrogens with zero attached hydrogens (tertiary/aromatic N) is 2. The number of benzene rings is 1. The van der Waals surface area contributed by atoms with Crippen LogP contribution in [0, 0.1) is 29.4 Å². The van der Waals surface area contributed by atoms with Crippen molar-refractivity contribution >= 4 is 29.1 Å². The third-order valence-corrected chi connectivity index (χ3v) is 7.69. The maximum absolute atomic E-state index is 15.5. The minimum atomic E-state index is -1.43. The Kier molecular flexibility index (Phi) is 9.52. The number of carboxylic acid groups (broad SMARTS) is 1. The first-order valence-corrected chi connectivity index (χ1v) is 15.2. The van der Waals surface area contributed by atoms with Crippen LogP contribution in [0.25, 0.3) is 10.9 Å². The van der Waals surface area contributed by atoms with E-state index >= 15 is 4.39 Å². The summed E-state index contributed by atoms with van der Waals surface area (Å²) in [5, 5.41) is 12.3. The highest BCUT2D eigenvalue weighted by Crippen LogP contribution is 2.40. The quantitative estimate of drug-likeness (QED) is 0.389. The molecule has 1 aliphatic heterocycles. The van der Waals surface area contributed by atoms with Gasteiger partial charge in [0.2, 0.25) is 5.43 Å². The Hall–Kier alpha value is -4.14. The Morgan fingerprint density at radius 2 is 1.71 bits per heavy atom. The van der Waals surface area contributed by atoms with Gasteiger partial charge in [0.05, 0.1) is 22.5 Å². The zero-order chi connectivity index (χ0) is 33.4. The van der Waals surface area contributed by atoms with E-state index in [1.165, 1.54) is 4.90 Å². The molecule has 1 saturated carbocycles. The first-order valence-electron chi connectivity index (χ1n) is 15.2. The topological polar surface area (TPSA) is 127 Å². The summed E-state index contributed by atoms with van der Waals surface area (Å²) < 4.78 is 42.9. The van der Waals surface area contributed by atoms with Crippen LogP contribution in [0.15, 0.2) is 10.9 Å². The van der Waals surface area contributed by atoms with E-state index in [9.17, 15) is 28.7 Å². The Bertz CT molecular complexity index is 1640. The van der Waals surface area contributed by atoms with E-state index in [4.69, 9.17) is 9.47 Å². The maximum Gasteiger partial charge on any atom is 0.410 e. The van der Waals surface area contributed by atoms with E-state index in [0.717, 1.165) is 6.07 Å². The standard InChI is InChI=1S/C33H41F2N3O7/c1-8-23-25(29(40)41)28(39)21-16-22(34)26(35)20(27(21)38(23)19-12-13-19)10-9-11-24-18(17-36-30(42)44-32(2,3)4)14-15-37(24)31(43)45-33(5,6)7/h16,18-19,24H,8,11-15,17H2,1-7H3,(H,36,42)(H,40,41)/t18-,24-/m0/s1. The van der Waals surface area contributed by atoms with Crippen LogP contribution < -0.4 is 10.7 Å². The Morgan fingerprint density at radius 3 is 2.27 bits per heavy atom. The van der Waals surface area contributed by atoms with E-state index in [0.29, 0.717) is 25.8 Å². The smallest absolute Gasteiger partial charge is 0.410 e. The number of carbonyl (C=O) groups is 3. The Balaban J connectivity index is 1.76. The molecule has 0 unspecified atom stereocenters. The lowest BCUT2D eigenvalue weighted by Gasteiger charge is -2.30. The monoisotopic (exact) mass is 629 g/mol. The van der Waals surface area contributed by atoms with Crippen LogP contribution in [-0.4, -0.2) is 63.1 Å². The number of ether oxygens (including phenoxy) is 2. The van der Waals surface area contributed by atoms with Crippen LogP contribution in [0.4, 0.5) is 18.4 Å². The fraction of sp³-hybridized carbons (Fsp3) is 0.576. The number of aromatic nitrogens is 1. The number of alkyl carbamates (subject to hydrolysis) is 1. The van der Waals surface area contributed by atoms with Crippen molar-refractivity contribution < 1.29 is 37.7 Å². The molecule has 4 rings (SSSR count). The van der Waals surface area contributed by atoms with Crippen molar-refractivity contribution in [1.29, 1.82) is 0 Å². The highest BCUT2D eigenvalue weighted by atomic mass is 19.2. The fourth-order valence-electron chi connectivity index (χ4n) is 5.73. The molecule has 1 aliphatic carbocycles. The number of carbonyl (C=O) groups excluding carboxylic acids is 2. The lowest BCUT2D eigenvalue weighted by atomic mass is 9.97. The van der Waals surface area contributed by atoms with E-state index in [1.54, 1.807) is 53.0 Å². The first-order chi connectivity index (χ1) is 20.9. The minimum Gasteiger partial charge on any atom is -0.477 e. The highest BCUT2D eigenvalue weighted by molar-refractivity contribution is 5.96. The van der Waals surface area contributed by atoms with Crippen molar-refractivity contribution in [2.75, 3.05) is 13.1 Å². The molecule has 10 nitrogen and oxygen atoms in total. The van der Waals surface area contributed by atoms with Crippen LogP contribution in [0.5, 0.6) is 0 Å². The van der Waals surface area contributed by atoms with Gasteiger partial charge in [-0.3, -0.25) is 4.79 Å². The molecule has 2 aromatic rings. The maximum atomic E-state index is 15.5. The van der Waals surface area contributed by atoms with Gasteiger partial charge in [0, 0.05) is 31.2 Å². The molecule has 0 bridgehead atoms. The number of hydrogen-bond acceptors (Lipinski definition) is 6. The van der Waals surface area contributed by atoms with Crippen molar-refractivity contribution in [3.8, 4) is 11.8 Å². The molecule has 244 valence electrons. The van der Waals surface area contributed by atoms with E-state index < -0.39 is 58.0 Å². The number of likely N-dealkylation sites (tertiary alicyclic amines) is 1. The summed E-state index contributed by atoms with van der Waals surface area (Å²) in [6, 6.07) is 0.0238. The number of pyridine rings is 1. The average molecular weight is 630 g/mol. The van der Waals surface area contributed by atoms with Crippen LogP contribution in [-0.2, 0) is 15.9 Å². The van der Waals surface area contributed by atoms with Crippen molar-refractivity contribution in [3.63, 3.8) is 0 Å². The third-order valence-electron chi connectivity index (χ3n) is 7.69. The van der Waals surface area contributed by atoms with Crippen LogP contribution in [0.3, 0.4) is 0 Å². The van der Waals surface area contributed by atoms with Crippen molar-refractivity contribution in [2.45, 2.75) is 104 Å². The second kappa shape index (κ2) is 12.7. The molecule has 2 fully saturated rings. The number of fused-ring (bicyclic) bond motifs is 1. The lowest BCUT2D eigenvalue weighted by molar-refractivity contribution is 0.0211. The van der Waals surface area contributed by atoms with E-state index in [-0.39, 0.29) is 53.5 Å². The van der Waals surface area contributed by atoms with Crippen LogP contribution >= 0.6 is 0 Å². The average Bonchev–Trinajstić information content (AvgIpc) is 3.67. The molecule has 2 aliphatic rings. The van der Waals surface area contributed by atoms with Crippen molar-refractivity contribution in [1.82, 2.24) is 14.8 Å². The SMILES string of the molecule is CCc1c(C(=O)O)c(=O)c2cc(F)c(F)c(C#CC[C@H]3[C@H](CNC(=O)OC(C)(C)C)CCN3C(=O)OC(C)(C)C)c2n1C1CC1. The van der Waals surface area contributed by atoms with Crippen LogP contribution in [0.1, 0.15) is 102 Å². The first kappa shape index (κ1) is 33.7. The highest BCUT2D eigenvalue weighted by Gasteiger charge is 2.39. The number of amides is 2. The van der Waals surface area contributed by atoms with E-state index in [1.807, 2.05) is 0 Å². The zero-order valence-corrected chi connectivity index (χ0v) is 26.8. The molecule has 2 heterocycles. The summed E-state index contributed by atoms with van der Waals surface area (Å²) in [4.78, 5) is 52.4. The molecule has 1 aromatic heterocycles. The summed E-state index contributed by atoms with van der Waals surface area (Å²) in [7, 11) is 0. The number of hydrogen-bond donors (Lipinski definition) is 2. The van der Waals surface area contributed by atoms with Gasteiger partial charge in [-0.1, -0.05) is 18.8 Å². The molecule has 45 heavy (non-hydrogen) atoms. The predicted octanol–water partition coefficient (Wildman–Crippen LogP) is 5.77. The molecule has 12 heteroatoms. The summed E-state index contributed by atoms with van der Waals surface area (Å²) in [5.74, 6) is 1.40. The number of rotatable bonds is 6. The molecule has 2 amide bonds. The van der Waals surface area contributed by atoms with Crippen molar-refractivity contribution in [2.24, 2.45) is 5.92 Å². The molecule has 2 N–H and O–H groups in total. The second-order valence-electron chi connectivity index (χ2n) is 13.5. The molecule has 0 radical (unpaired) electrons. The van der Waals surface area contributed by atoms with Gasteiger partial charge in [0.1, 0.15) is 16.8 Å². The molecular formula is C33H41F2N3O7. The number of aromatic carboxylic acids is 1. The normalized spacial score (nSPS) is 18.4. The van der Waals surface area contributed by atoms with Crippen LogP contribution in [0.2, 0.25) is 0 Å². The molecular weight excluding hydrogens is 588 g/mol. The minimum absolute atomic E-state index is 0.0266. The predicted molar refractivity (Wildman–Crippen MR) is 163 cm³/mol. The van der Waals surface area contributed by atoms with Gasteiger partial charge in [0.15, 0.2) is 11.6 Å². The molecule has 2 atom stereocenters. The molecule has 1 aromatic carbocycles. The lowest BCUT2D eigenvalue weighted by Crippen LogP contribution is -2.43. The number of nitrogens with one attached hydrogen (secondary N) is 1. The zero-order valence-electron chi connectivity index (χ0n) is 26.8. The molecule has 0 spiro atoms. The van der Waals surface area contributed by atoms with Gasteiger partial charge in [0.25, 0.3) is 0 Å². The van der Waals surface area contributed by atoms with Gasteiger partial charge in [-0.15, -0.1) is 0 Å². The van der Waals surface area contributed by atoms with Gasteiger partial charge >= 0.3 is 18.2 Å². The molecule has 1 saturated heterocycles.